The second-order valence-corrected chi connectivity index (χ2v) is 8.79. The highest BCUT2D eigenvalue weighted by Gasteiger charge is 2.52. The van der Waals surface area contributed by atoms with Gasteiger partial charge in [-0.15, -0.1) is 0 Å². The number of hydrogen-bond acceptors (Lipinski definition) is 3. The zero-order chi connectivity index (χ0) is 16.0. The molecule has 130 valence electrons. The zero-order valence-corrected chi connectivity index (χ0v) is 14.9. The van der Waals surface area contributed by atoms with Gasteiger partial charge in [-0.05, 0) is 69.2 Å². The molecule has 2 heterocycles. The van der Waals surface area contributed by atoms with Crippen molar-refractivity contribution >= 4 is 5.97 Å². The summed E-state index contributed by atoms with van der Waals surface area (Å²) >= 11 is 0. The topological polar surface area (TPSA) is 29.5 Å². The van der Waals surface area contributed by atoms with Gasteiger partial charge in [0.25, 0.3) is 0 Å². The Bertz CT molecular complexity index is 451. The summed E-state index contributed by atoms with van der Waals surface area (Å²) in [4.78, 5) is 15.1. The van der Waals surface area contributed by atoms with Crippen LogP contribution in [0.3, 0.4) is 0 Å². The molecule has 2 bridgehead atoms. The molecule has 4 aliphatic rings. The molecular formula is C20H33NO2. The summed E-state index contributed by atoms with van der Waals surface area (Å²) in [6.07, 6.45) is 13.7. The Hall–Kier alpha value is -0.570. The highest BCUT2D eigenvalue weighted by Crippen LogP contribution is 2.51. The Morgan fingerprint density at radius 2 is 1.65 bits per heavy atom. The van der Waals surface area contributed by atoms with Gasteiger partial charge in [0, 0.05) is 12.1 Å². The van der Waals surface area contributed by atoms with Crippen LogP contribution >= 0.6 is 0 Å². The number of ether oxygens (including phenoxy) is 1. The van der Waals surface area contributed by atoms with Crippen molar-refractivity contribution in [2.24, 2.45) is 29.6 Å². The fourth-order valence-corrected chi connectivity index (χ4v) is 6.76. The van der Waals surface area contributed by atoms with Crippen LogP contribution in [0.5, 0.6) is 0 Å². The van der Waals surface area contributed by atoms with Gasteiger partial charge in [0.05, 0.1) is 13.0 Å². The fourth-order valence-electron chi connectivity index (χ4n) is 6.76. The Morgan fingerprint density at radius 3 is 2.43 bits per heavy atom. The number of fused-ring (bicyclic) bond motifs is 3. The summed E-state index contributed by atoms with van der Waals surface area (Å²) in [5.41, 5.74) is 0. The van der Waals surface area contributed by atoms with Crippen LogP contribution in [0.25, 0.3) is 0 Å². The van der Waals surface area contributed by atoms with Gasteiger partial charge in [-0.1, -0.05) is 25.7 Å². The van der Waals surface area contributed by atoms with Crippen molar-refractivity contribution in [3.63, 3.8) is 0 Å². The van der Waals surface area contributed by atoms with Gasteiger partial charge >= 0.3 is 5.97 Å². The summed E-state index contributed by atoms with van der Waals surface area (Å²) < 4.78 is 5.25. The minimum atomic E-state index is 0.0676. The third kappa shape index (κ3) is 2.73. The molecule has 7 atom stereocenters. The average Bonchev–Trinajstić information content (AvgIpc) is 2.83. The number of esters is 1. The van der Waals surface area contributed by atoms with Crippen LogP contribution in [0, 0.1) is 29.6 Å². The summed E-state index contributed by atoms with van der Waals surface area (Å²) in [6.45, 7) is 0. The monoisotopic (exact) mass is 319 g/mol. The average molecular weight is 319 g/mol. The molecule has 0 aromatic carbocycles. The van der Waals surface area contributed by atoms with E-state index < -0.39 is 0 Å². The molecule has 0 aromatic heterocycles. The molecule has 0 N–H and O–H groups in total. The number of methoxy groups -OCH3 is 1. The molecule has 23 heavy (non-hydrogen) atoms. The third-order valence-electron chi connectivity index (χ3n) is 7.97. The van der Waals surface area contributed by atoms with Crippen LogP contribution < -0.4 is 0 Å². The van der Waals surface area contributed by atoms with E-state index >= 15 is 0 Å². The largest absolute Gasteiger partial charge is 0.469 e. The van der Waals surface area contributed by atoms with Crippen molar-refractivity contribution < 1.29 is 9.53 Å². The Morgan fingerprint density at radius 1 is 0.913 bits per heavy atom. The van der Waals surface area contributed by atoms with Gasteiger partial charge < -0.3 is 4.74 Å². The molecule has 0 spiro atoms. The van der Waals surface area contributed by atoms with Crippen molar-refractivity contribution in [2.75, 3.05) is 14.2 Å². The first-order chi connectivity index (χ1) is 11.2. The van der Waals surface area contributed by atoms with Gasteiger partial charge in [-0.3, -0.25) is 9.69 Å². The van der Waals surface area contributed by atoms with Crippen LogP contribution in [0.15, 0.2) is 0 Å². The standard InChI is InChI=1S/C20H33NO2/c1-21-16-9-10-18(21)19(20(22)23-2)17(12-16)15-8-7-13-5-3-4-6-14(13)11-15/h13-19H,3-12H2,1-2H3. The minimum Gasteiger partial charge on any atom is -0.469 e. The molecule has 3 nitrogen and oxygen atoms in total. The first-order valence-corrected chi connectivity index (χ1v) is 9.98. The summed E-state index contributed by atoms with van der Waals surface area (Å²) in [5.74, 6) is 3.51. The normalized spacial score (nSPS) is 47.1. The van der Waals surface area contributed by atoms with E-state index in [0.29, 0.717) is 12.0 Å². The summed E-state index contributed by atoms with van der Waals surface area (Å²) in [7, 11) is 3.81. The van der Waals surface area contributed by atoms with Gasteiger partial charge in [0.2, 0.25) is 0 Å². The van der Waals surface area contributed by atoms with Crippen molar-refractivity contribution in [3.05, 3.63) is 0 Å². The Labute approximate surface area is 141 Å². The highest BCUT2D eigenvalue weighted by atomic mass is 16.5. The highest BCUT2D eigenvalue weighted by molar-refractivity contribution is 5.74. The molecule has 4 rings (SSSR count). The molecule has 0 aromatic rings. The number of hydrogen-bond donors (Lipinski definition) is 0. The van der Waals surface area contributed by atoms with E-state index in [4.69, 9.17) is 4.74 Å². The van der Waals surface area contributed by atoms with Crippen LogP contribution in [0.1, 0.15) is 64.2 Å². The maximum atomic E-state index is 12.6. The van der Waals surface area contributed by atoms with E-state index in [1.807, 2.05) is 0 Å². The molecule has 3 heteroatoms. The van der Waals surface area contributed by atoms with E-state index in [1.165, 1.54) is 64.2 Å². The molecule has 7 unspecified atom stereocenters. The predicted octanol–water partition coefficient (Wildman–Crippen LogP) is 3.86. The van der Waals surface area contributed by atoms with Crippen molar-refractivity contribution in [1.29, 1.82) is 0 Å². The maximum absolute atomic E-state index is 12.6. The Kier molecular flexibility index (Phi) is 4.42. The van der Waals surface area contributed by atoms with E-state index in [1.54, 1.807) is 7.11 Å². The molecule has 0 radical (unpaired) electrons. The Balaban J connectivity index is 1.53. The van der Waals surface area contributed by atoms with E-state index in [2.05, 4.69) is 11.9 Å². The van der Waals surface area contributed by atoms with Gasteiger partial charge in [-0.25, -0.2) is 0 Å². The van der Waals surface area contributed by atoms with Crippen LogP contribution in [0.4, 0.5) is 0 Å². The minimum absolute atomic E-state index is 0.0676. The first-order valence-electron chi connectivity index (χ1n) is 9.98. The lowest BCUT2D eigenvalue weighted by Crippen LogP contribution is -2.52. The molecule has 2 saturated heterocycles. The van der Waals surface area contributed by atoms with Gasteiger partial charge in [-0.2, -0.15) is 0 Å². The van der Waals surface area contributed by atoms with Crippen molar-refractivity contribution in [2.45, 2.75) is 76.3 Å². The van der Waals surface area contributed by atoms with Crippen LogP contribution in [-0.4, -0.2) is 37.1 Å². The SMILES string of the molecule is COC(=O)C1C(C2CCC3CCCCC3C2)CC2CCC1N2C. The molecule has 0 amide bonds. The molecule has 4 fully saturated rings. The lowest BCUT2D eigenvalue weighted by molar-refractivity contribution is -0.154. The number of piperidine rings is 1. The molecule has 2 saturated carbocycles. The van der Waals surface area contributed by atoms with E-state index in [-0.39, 0.29) is 11.9 Å². The quantitative estimate of drug-likeness (QED) is 0.724. The van der Waals surface area contributed by atoms with Gasteiger partial charge in [0.15, 0.2) is 0 Å². The van der Waals surface area contributed by atoms with E-state index in [9.17, 15) is 4.79 Å². The lowest BCUT2D eigenvalue weighted by Gasteiger charge is -2.48. The second-order valence-electron chi connectivity index (χ2n) is 8.79. The number of rotatable bonds is 2. The maximum Gasteiger partial charge on any atom is 0.310 e. The molecule has 2 aliphatic heterocycles. The zero-order valence-electron chi connectivity index (χ0n) is 14.9. The molecule has 2 aliphatic carbocycles. The fraction of sp³-hybridized carbons (Fsp3) is 0.950. The molecular weight excluding hydrogens is 286 g/mol. The van der Waals surface area contributed by atoms with Crippen LogP contribution in [-0.2, 0) is 9.53 Å². The number of nitrogens with zero attached hydrogens (tertiary/aromatic N) is 1. The number of carbonyl (C=O) groups is 1. The van der Waals surface area contributed by atoms with Crippen molar-refractivity contribution in [3.8, 4) is 0 Å². The first kappa shape index (κ1) is 15.9. The summed E-state index contributed by atoms with van der Waals surface area (Å²) in [6, 6.07) is 1.16. The second kappa shape index (κ2) is 6.38. The van der Waals surface area contributed by atoms with Gasteiger partial charge in [0.1, 0.15) is 0 Å². The third-order valence-corrected chi connectivity index (χ3v) is 7.97. The van der Waals surface area contributed by atoms with Crippen molar-refractivity contribution in [1.82, 2.24) is 4.90 Å². The smallest absolute Gasteiger partial charge is 0.310 e. The van der Waals surface area contributed by atoms with Crippen LogP contribution in [0.2, 0.25) is 0 Å². The van der Waals surface area contributed by atoms with E-state index in [0.717, 1.165) is 23.8 Å². The summed E-state index contributed by atoms with van der Waals surface area (Å²) in [5, 5.41) is 0. The lowest BCUT2D eigenvalue weighted by atomic mass is 9.61. The predicted molar refractivity (Wildman–Crippen MR) is 91.0 cm³/mol. The number of carbonyl (C=O) groups excluding carboxylic acids is 1.